The molecule has 4 heterocycles. The zero-order valence-corrected chi connectivity index (χ0v) is 25.5. The van der Waals surface area contributed by atoms with E-state index in [0.29, 0.717) is 36.6 Å². The number of carbonyl (C=O) groups excluding carboxylic acids is 2. The Morgan fingerprint density at radius 3 is 2.61 bits per heavy atom. The van der Waals surface area contributed by atoms with Gasteiger partial charge in [0, 0.05) is 48.4 Å². The van der Waals surface area contributed by atoms with Gasteiger partial charge in [0.25, 0.3) is 0 Å². The lowest BCUT2D eigenvalue weighted by atomic mass is 9.92. The standard InChI is InChI=1S/C29H39F3N4O3S2/c1-28(2,3)39-26(37)23-19-8-4-5-9-21(19)40-24(23)34-27(38)33-16-20-18-10-14-35(15-11-29(30,31)32)17-22(18)41-25(20)36-12-6-7-13-36/h6,12,20,25H,4-5,7-11,13-17H2,1-3H3,(H2,33,34,38). The quantitative estimate of drug-likeness (QED) is 0.342. The smallest absolute Gasteiger partial charge is 0.390 e. The maximum Gasteiger partial charge on any atom is 0.390 e. The number of esters is 1. The lowest BCUT2D eigenvalue weighted by Gasteiger charge is -2.31. The zero-order valence-electron chi connectivity index (χ0n) is 23.9. The van der Waals surface area contributed by atoms with E-state index in [4.69, 9.17) is 4.74 Å². The van der Waals surface area contributed by atoms with Crippen molar-refractivity contribution in [3.05, 3.63) is 38.8 Å². The van der Waals surface area contributed by atoms with E-state index in [1.54, 1.807) is 11.8 Å². The number of thioether (sulfide) groups is 1. The number of hydrogen-bond acceptors (Lipinski definition) is 7. The molecule has 0 aromatic carbocycles. The summed E-state index contributed by atoms with van der Waals surface area (Å²) < 4.78 is 44.2. The van der Waals surface area contributed by atoms with Crippen LogP contribution in [0.3, 0.4) is 0 Å². The second kappa shape index (κ2) is 12.2. The molecule has 1 aliphatic carbocycles. The van der Waals surface area contributed by atoms with Gasteiger partial charge in [-0.1, -0.05) is 11.6 Å². The lowest BCUT2D eigenvalue weighted by Crippen LogP contribution is -2.41. The van der Waals surface area contributed by atoms with Crippen molar-refractivity contribution in [1.29, 1.82) is 0 Å². The van der Waals surface area contributed by atoms with Crippen LogP contribution in [0.15, 0.2) is 22.8 Å². The summed E-state index contributed by atoms with van der Waals surface area (Å²) in [5.74, 6) is -0.359. The Kier molecular flexibility index (Phi) is 9.01. The number of anilines is 1. The van der Waals surface area contributed by atoms with Gasteiger partial charge in [-0.2, -0.15) is 13.2 Å². The fourth-order valence-electron chi connectivity index (χ4n) is 5.97. The van der Waals surface area contributed by atoms with Crippen LogP contribution in [0.1, 0.15) is 73.7 Å². The molecule has 0 fully saturated rings. The summed E-state index contributed by atoms with van der Waals surface area (Å²) in [6.07, 6.45) is 4.65. The first kappa shape index (κ1) is 30.3. The van der Waals surface area contributed by atoms with Crippen molar-refractivity contribution in [3.63, 3.8) is 0 Å². The van der Waals surface area contributed by atoms with Gasteiger partial charge in [0.2, 0.25) is 0 Å². The number of rotatable bonds is 7. The summed E-state index contributed by atoms with van der Waals surface area (Å²) in [5.41, 5.74) is 2.06. The Morgan fingerprint density at radius 2 is 1.90 bits per heavy atom. The van der Waals surface area contributed by atoms with Gasteiger partial charge in [0.1, 0.15) is 10.6 Å². The molecule has 226 valence electrons. The molecule has 0 spiro atoms. The first-order chi connectivity index (χ1) is 19.4. The summed E-state index contributed by atoms with van der Waals surface area (Å²) >= 11 is 3.18. The van der Waals surface area contributed by atoms with Crippen LogP contribution in [0.4, 0.5) is 23.0 Å². The Morgan fingerprint density at radius 1 is 1.12 bits per heavy atom. The van der Waals surface area contributed by atoms with Gasteiger partial charge in [-0.05, 0) is 71.1 Å². The Labute approximate surface area is 247 Å². The van der Waals surface area contributed by atoms with Gasteiger partial charge in [-0.15, -0.1) is 23.1 Å². The van der Waals surface area contributed by atoms with Crippen molar-refractivity contribution in [2.45, 2.75) is 82.9 Å². The van der Waals surface area contributed by atoms with E-state index in [1.807, 2.05) is 25.7 Å². The summed E-state index contributed by atoms with van der Waals surface area (Å²) in [7, 11) is 0. The lowest BCUT2D eigenvalue weighted by molar-refractivity contribution is -0.137. The van der Waals surface area contributed by atoms with E-state index >= 15 is 0 Å². The molecule has 41 heavy (non-hydrogen) atoms. The minimum atomic E-state index is -4.16. The first-order valence-corrected chi connectivity index (χ1v) is 16.1. The van der Waals surface area contributed by atoms with Gasteiger partial charge in [0.15, 0.2) is 0 Å². The van der Waals surface area contributed by atoms with Gasteiger partial charge in [0.05, 0.1) is 17.4 Å². The maximum atomic E-state index is 13.2. The number of nitrogens with one attached hydrogen (secondary N) is 2. The second-order valence-electron chi connectivity index (χ2n) is 12.1. The van der Waals surface area contributed by atoms with Crippen LogP contribution in [0.25, 0.3) is 0 Å². The first-order valence-electron chi connectivity index (χ1n) is 14.4. The van der Waals surface area contributed by atoms with E-state index in [9.17, 15) is 22.8 Å². The van der Waals surface area contributed by atoms with Crippen molar-refractivity contribution in [2.24, 2.45) is 5.92 Å². The molecule has 0 bridgehead atoms. The summed E-state index contributed by atoms with van der Waals surface area (Å²) in [6, 6.07) is -0.370. The van der Waals surface area contributed by atoms with Crippen LogP contribution in [0.5, 0.6) is 0 Å². The molecule has 7 nitrogen and oxygen atoms in total. The van der Waals surface area contributed by atoms with Crippen molar-refractivity contribution in [1.82, 2.24) is 15.1 Å². The maximum absolute atomic E-state index is 13.2. The molecule has 1 aromatic rings. The molecule has 3 aliphatic heterocycles. The number of urea groups is 1. The van der Waals surface area contributed by atoms with E-state index in [1.165, 1.54) is 16.9 Å². The fourth-order valence-corrected chi connectivity index (χ4v) is 8.94. The number of fused-ring (bicyclic) bond motifs is 1. The van der Waals surface area contributed by atoms with Crippen LogP contribution >= 0.6 is 23.1 Å². The molecule has 4 aliphatic rings. The third-order valence-electron chi connectivity index (χ3n) is 7.85. The Balaban J connectivity index is 1.28. The van der Waals surface area contributed by atoms with E-state index in [0.717, 1.165) is 54.0 Å². The van der Waals surface area contributed by atoms with E-state index in [-0.39, 0.29) is 23.9 Å². The summed E-state index contributed by atoms with van der Waals surface area (Å²) in [4.78, 5) is 32.8. The highest BCUT2D eigenvalue weighted by Crippen LogP contribution is 2.48. The molecule has 1 aromatic heterocycles. The second-order valence-corrected chi connectivity index (χ2v) is 14.4. The molecule has 2 N–H and O–H groups in total. The fraction of sp³-hybridized carbons (Fsp3) is 0.655. The highest BCUT2D eigenvalue weighted by molar-refractivity contribution is 8.04. The van der Waals surface area contributed by atoms with E-state index < -0.39 is 24.2 Å². The van der Waals surface area contributed by atoms with Gasteiger partial charge in [-0.3, -0.25) is 10.2 Å². The predicted octanol–water partition coefficient (Wildman–Crippen LogP) is 6.52. The number of halogens is 3. The van der Waals surface area contributed by atoms with Gasteiger partial charge in [-0.25, -0.2) is 9.59 Å². The number of nitrogens with zero attached hydrogens (tertiary/aromatic N) is 2. The highest BCUT2D eigenvalue weighted by Gasteiger charge is 2.41. The van der Waals surface area contributed by atoms with Gasteiger partial charge >= 0.3 is 18.2 Å². The number of amides is 2. The largest absolute Gasteiger partial charge is 0.456 e. The van der Waals surface area contributed by atoms with Crippen molar-refractivity contribution < 1.29 is 27.5 Å². The van der Waals surface area contributed by atoms with Gasteiger partial charge < -0.3 is 15.0 Å². The molecule has 5 rings (SSSR count). The normalized spacial score (nSPS) is 23.0. The number of hydrogen-bond donors (Lipinski definition) is 2. The molecule has 0 radical (unpaired) electrons. The van der Waals surface area contributed by atoms with Crippen LogP contribution in [-0.2, 0) is 17.6 Å². The van der Waals surface area contributed by atoms with Crippen LogP contribution < -0.4 is 10.6 Å². The monoisotopic (exact) mass is 612 g/mol. The summed E-state index contributed by atoms with van der Waals surface area (Å²) in [6.45, 7) is 7.90. The average Bonchev–Trinajstić information content (AvgIpc) is 3.61. The number of thiophene rings is 1. The third kappa shape index (κ3) is 7.43. The number of alkyl halides is 3. The molecule has 0 saturated heterocycles. The molecular weight excluding hydrogens is 573 g/mol. The third-order valence-corrected chi connectivity index (χ3v) is 10.6. The molecule has 0 saturated carbocycles. The minimum absolute atomic E-state index is 0.00518. The molecule has 2 amide bonds. The predicted molar refractivity (Wildman–Crippen MR) is 157 cm³/mol. The average molecular weight is 613 g/mol. The number of ether oxygens (including phenoxy) is 1. The topological polar surface area (TPSA) is 73.9 Å². The Hall–Kier alpha value is -2.18. The van der Waals surface area contributed by atoms with Crippen molar-refractivity contribution in [3.8, 4) is 0 Å². The Bertz CT molecular complexity index is 1220. The summed E-state index contributed by atoms with van der Waals surface area (Å²) in [5, 5.41) is 6.63. The van der Waals surface area contributed by atoms with Crippen molar-refractivity contribution >= 4 is 40.1 Å². The van der Waals surface area contributed by atoms with Crippen LogP contribution in [0.2, 0.25) is 0 Å². The minimum Gasteiger partial charge on any atom is -0.456 e. The van der Waals surface area contributed by atoms with Crippen LogP contribution in [0, 0.1) is 5.92 Å². The SMILES string of the molecule is CC(C)(C)OC(=O)c1c(NC(=O)NCC2C3=C(CN(CCC(F)(F)F)CC3)SC2N2C=CCC2)sc2c1CCCC2. The molecular formula is C29H39F3N4O3S2. The van der Waals surface area contributed by atoms with Crippen LogP contribution in [-0.4, -0.2) is 71.7 Å². The highest BCUT2D eigenvalue weighted by atomic mass is 32.2. The number of aryl methyl sites for hydroxylation is 1. The molecule has 2 unspecified atom stereocenters. The molecule has 12 heteroatoms. The molecule has 2 atom stereocenters. The van der Waals surface area contributed by atoms with Crippen molar-refractivity contribution in [2.75, 3.05) is 38.0 Å². The van der Waals surface area contributed by atoms with E-state index in [2.05, 4.69) is 27.8 Å². The number of carbonyl (C=O) groups is 2. The zero-order chi connectivity index (χ0) is 29.4.